The Morgan fingerprint density at radius 1 is 0.562 bits per heavy atom. The maximum absolute atomic E-state index is 14.1. The van der Waals surface area contributed by atoms with Crippen LogP contribution in [-0.2, 0) is 44.9 Å². The third kappa shape index (κ3) is 9.17. The molecule has 5 aromatic rings. The highest BCUT2D eigenvalue weighted by molar-refractivity contribution is 5.95. The largest absolute Gasteiger partial charge is 0.480 e. The number of amides is 3. The molecule has 4 unspecified atom stereocenters. The molecule has 0 saturated heterocycles. The molecule has 0 aliphatic heterocycles. The van der Waals surface area contributed by atoms with Gasteiger partial charge in [0.25, 0.3) is 0 Å². The molecule has 0 aliphatic rings. The Hall–Kier alpha value is -5.74. The molecule has 10 heteroatoms. The quantitative estimate of drug-likeness (QED) is 0.102. The van der Waals surface area contributed by atoms with Crippen LogP contribution in [0.3, 0.4) is 0 Å². The van der Waals surface area contributed by atoms with Gasteiger partial charge in [-0.3, -0.25) is 14.4 Å². The molecule has 1 aromatic heterocycles. The van der Waals surface area contributed by atoms with Gasteiger partial charge < -0.3 is 31.8 Å². The van der Waals surface area contributed by atoms with Crippen molar-refractivity contribution in [2.45, 2.75) is 49.9 Å². The fourth-order valence-electron chi connectivity index (χ4n) is 5.62. The number of nitrogens with one attached hydrogen (secondary N) is 4. The summed E-state index contributed by atoms with van der Waals surface area (Å²) < 4.78 is 0. The molecule has 4 atom stereocenters. The van der Waals surface area contributed by atoms with E-state index < -0.39 is 47.9 Å². The van der Waals surface area contributed by atoms with Crippen molar-refractivity contribution < 1.29 is 24.3 Å². The van der Waals surface area contributed by atoms with Gasteiger partial charge in [0.1, 0.15) is 18.1 Å². The van der Waals surface area contributed by atoms with E-state index in [-0.39, 0.29) is 25.7 Å². The van der Waals surface area contributed by atoms with E-state index >= 15 is 0 Å². The normalized spacial score (nSPS) is 13.5. The zero-order chi connectivity index (χ0) is 33.9. The zero-order valence-corrected chi connectivity index (χ0v) is 26.3. The van der Waals surface area contributed by atoms with Gasteiger partial charge in [-0.1, -0.05) is 109 Å². The molecule has 7 N–H and O–H groups in total. The first kappa shape index (κ1) is 33.6. The number of nitrogens with two attached hydrogens (primary N) is 1. The van der Waals surface area contributed by atoms with Crippen molar-refractivity contribution in [2.75, 3.05) is 0 Å². The van der Waals surface area contributed by atoms with Gasteiger partial charge in [-0.15, -0.1) is 0 Å². The van der Waals surface area contributed by atoms with Crippen molar-refractivity contribution in [3.05, 3.63) is 144 Å². The zero-order valence-electron chi connectivity index (χ0n) is 26.3. The van der Waals surface area contributed by atoms with Crippen molar-refractivity contribution in [1.82, 2.24) is 20.9 Å². The molecule has 5 rings (SSSR count). The molecule has 0 bridgehead atoms. The molecule has 0 aliphatic carbocycles. The fraction of sp³-hybridized carbons (Fsp3) is 0.211. The summed E-state index contributed by atoms with van der Waals surface area (Å²) in [6, 6.07) is 30.6. The van der Waals surface area contributed by atoms with Crippen LogP contribution in [0.4, 0.5) is 0 Å². The summed E-state index contributed by atoms with van der Waals surface area (Å²) in [6.07, 6.45) is 2.33. The van der Waals surface area contributed by atoms with E-state index in [1.165, 1.54) is 0 Å². The van der Waals surface area contributed by atoms with Crippen molar-refractivity contribution in [3.8, 4) is 0 Å². The van der Waals surface area contributed by atoms with Crippen LogP contribution in [0.5, 0.6) is 0 Å². The van der Waals surface area contributed by atoms with Crippen LogP contribution in [0.15, 0.2) is 121 Å². The lowest BCUT2D eigenvalue weighted by molar-refractivity contribution is -0.142. The Morgan fingerprint density at radius 2 is 1.00 bits per heavy atom. The van der Waals surface area contributed by atoms with E-state index in [9.17, 15) is 24.3 Å². The first-order valence-corrected chi connectivity index (χ1v) is 15.8. The van der Waals surface area contributed by atoms with E-state index in [1.54, 1.807) is 30.5 Å². The molecule has 0 spiro atoms. The predicted molar refractivity (Wildman–Crippen MR) is 184 cm³/mol. The number of para-hydroxylation sites is 1. The number of hydrogen-bond donors (Lipinski definition) is 6. The average molecular weight is 646 g/mol. The summed E-state index contributed by atoms with van der Waals surface area (Å²) in [5.41, 5.74) is 10.3. The minimum absolute atomic E-state index is 0.0620. The van der Waals surface area contributed by atoms with Crippen LogP contribution in [0.2, 0.25) is 0 Å². The number of carboxylic acids is 1. The molecule has 3 amide bonds. The lowest BCUT2D eigenvalue weighted by Crippen LogP contribution is -2.58. The topological polar surface area (TPSA) is 166 Å². The Kier molecular flexibility index (Phi) is 11.3. The van der Waals surface area contributed by atoms with E-state index in [0.29, 0.717) is 0 Å². The standard InChI is InChI=1S/C38H39N5O5/c39-30(20-25-12-4-1-5-13-25)35(44)41-33(23-28-24-40-31-19-11-10-18-29(28)31)37(46)42-32(21-26-14-6-2-7-15-26)36(45)43-34(38(47)48)22-27-16-8-3-9-17-27/h1-19,24,30,32-34,40H,20-23,39H2,(H,41,44)(H,42,46)(H,43,45)(H,47,48). The lowest BCUT2D eigenvalue weighted by atomic mass is 10.0. The predicted octanol–water partition coefficient (Wildman–Crippen LogP) is 3.30. The fourth-order valence-corrected chi connectivity index (χ4v) is 5.62. The summed E-state index contributed by atoms with van der Waals surface area (Å²) in [7, 11) is 0. The highest BCUT2D eigenvalue weighted by Crippen LogP contribution is 2.19. The van der Waals surface area contributed by atoms with E-state index in [2.05, 4.69) is 20.9 Å². The molecule has 48 heavy (non-hydrogen) atoms. The first-order valence-electron chi connectivity index (χ1n) is 15.8. The van der Waals surface area contributed by atoms with Crippen LogP contribution in [0, 0.1) is 0 Å². The Balaban J connectivity index is 1.38. The lowest BCUT2D eigenvalue weighted by Gasteiger charge is -2.25. The number of rotatable bonds is 15. The number of benzene rings is 4. The second-order valence-electron chi connectivity index (χ2n) is 11.8. The highest BCUT2D eigenvalue weighted by atomic mass is 16.4. The monoisotopic (exact) mass is 645 g/mol. The maximum Gasteiger partial charge on any atom is 0.326 e. The van der Waals surface area contributed by atoms with Gasteiger partial charge in [0.15, 0.2) is 0 Å². The third-order valence-corrected chi connectivity index (χ3v) is 8.18. The number of hydrogen-bond acceptors (Lipinski definition) is 5. The second-order valence-corrected chi connectivity index (χ2v) is 11.8. The van der Waals surface area contributed by atoms with Crippen molar-refractivity contribution in [3.63, 3.8) is 0 Å². The Bertz CT molecular complexity index is 1830. The van der Waals surface area contributed by atoms with Crippen LogP contribution in [-0.4, -0.2) is 57.9 Å². The summed E-state index contributed by atoms with van der Waals surface area (Å²) in [5, 5.41) is 19.1. The Morgan fingerprint density at radius 3 is 1.56 bits per heavy atom. The number of fused-ring (bicyclic) bond motifs is 1. The Labute approximate surface area is 278 Å². The van der Waals surface area contributed by atoms with Crippen molar-refractivity contribution in [1.29, 1.82) is 0 Å². The van der Waals surface area contributed by atoms with Crippen molar-refractivity contribution >= 4 is 34.6 Å². The van der Waals surface area contributed by atoms with Gasteiger partial charge in [0.2, 0.25) is 17.7 Å². The number of aromatic nitrogens is 1. The SMILES string of the molecule is NC(Cc1ccccc1)C(=O)NC(Cc1c[nH]c2ccccc12)C(=O)NC(Cc1ccccc1)C(=O)NC(Cc1ccccc1)C(=O)O. The molecule has 10 nitrogen and oxygen atoms in total. The van der Waals surface area contributed by atoms with E-state index in [0.717, 1.165) is 33.2 Å². The molecule has 246 valence electrons. The van der Waals surface area contributed by atoms with Crippen molar-refractivity contribution in [2.24, 2.45) is 5.73 Å². The number of aliphatic carboxylic acids is 1. The second kappa shape index (κ2) is 16.2. The number of carbonyl (C=O) groups is 4. The molecule has 0 radical (unpaired) electrons. The minimum Gasteiger partial charge on any atom is -0.480 e. The number of carboxylic acid groups (broad SMARTS) is 1. The number of aromatic amines is 1. The van der Waals surface area contributed by atoms with Crippen LogP contribution < -0.4 is 21.7 Å². The van der Waals surface area contributed by atoms with Gasteiger partial charge in [-0.25, -0.2) is 4.79 Å². The number of H-pyrrole nitrogens is 1. The summed E-state index contributed by atoms with van der Waals surface area (Å²) in [4.78, 5) is 56.6. The number of carbonyl (C=O) groups excluding carboxylic acids is 3. The van der Waals surface area contributed by atoms with Gasteiger partial charge in [-0.2, -0.15) is 0 Å². The summed E-state index contributed by atoms with van der Waals surface area (Å²) >= 11 is 0. The van der Waals surface area contributed by atoms with Crippen LogP contribution in [0.1, 0.15) is 22.3 Å². The first-order chi connectivity index (χ1) is 23.3. The molecule has 1 heterocycles. The van der Waals surface area contributed by atoms with Gasteiger partial charge in [0, 0.05) is 36.4 Å². The van der Waals surface area contributed by atoms with Gasteiger partial charge in [0.05, 0.1) is 6.04 Å². The van der Waals surface area contributed by atoms with E-state index in [4.69, 9.17) is 5.73 Å². The molecule has 0 fully saturated rings. The smallest absolute Gasteiger partial charge is 0.326 e. The minimum atomic E-state index is -1.23. The summed E-state index contributed by atoms with van der Waals surface area (Å²) in [6.45, 7) is 0. The molecule has 0 saturated carbocycles. The average Bonchev–Trinajstić information content (AvgIpc) is 3.51. The molecular formula is C38H39N5O5. The van der Waals surface area contributed by atoms with Gasteiger partial charge in [-0.05, 0) is 34.7 Å². The van der Waals surface area contributed by atoms with E-state index in [1.807, 2.05) is 91.0 Å². The summed E-state index contributed by atoms with van der Waals surface area (Å²) in [5.74, 6) is -2.98. The maximum atomic E-state index is 14.1. The highest BCUT2D eigenvalue weighted by Gasteiger charge is 2.31. The van der Waals surface area contributed by atoms with Crippen LogP contribution >= 0.6 is 0 Å². The molecular weight excluding hydrogens is 606 g/mol. The van der Waals surface area contributed by atoms with Gasteiger partial charge >= 0.3 is 5.97 Å². The third-order valence-electron chi connectivity index (χ3n) is 8.18. The van der Waals surface area contributed by atoms with Crippen LogP contribution in [0.25, 0.3) is 10.9 Å². The molecule has 4 aromatic carbocycles.